The van der Waals surface area contributed by atoms with Gasteiger partial charge in [0.25, 0.3) is 0 Å². The summed E-state index contributed by atoms with van der Waals surface area (Å²) in [6.45, 7) is 9.74. The van der Waals surface area contributed by atoms with Gasteiger partial charge in [-0.05, 0) is 68.4 Å². The molecule has 0 aliphatic carbocycles. The predicted octanol–water partition coefficient (Wildman–Crippen LogP) is 6.60. The SMILES string of the molecule is C=C(C)C(=O)Oc1ccc(-c2ccc(-c3ccc(OC(=O)C(=C)C)c(C(F)(F)F)c3)o2)cc1. The van der Waals surface area contributed by atoms with E-state index in [4.69, 9.17) is 13.9 Å². The Kier molecular flexibility index (Phi) is 6.57. The average molecular weight is 456 g/mol. The van der Waals surface area contributed by atoms with Crippen molar-refractivity contribution in [1.29, 1.82) is 0 Å². The number of alkyl halides is 3. The number of benzene rings is 2. The zero-order chi connectivity index (χ0) is 24.3. The fourth-order valence-corrected chi connectivity index (χ4v) is 2.71. The Morgan fingerprint density at radius 2 is 1.30 bits per heavy atom. The van der Waals surface area contributed by atoms with Crippen LogP contribution in [0, 0.1) is 0 Å². The lowest BCUT2D eigenvalue weighted by Crippen LogP contribution is -2.14. The molecule has 0 N–H and O–H groups in total. The van der Waals surface area contributed by atoms with Crippen molar-refractivity contribution in [3.8, 4) is 34.1 Å². The van der Waals surface area contributed by atoms with E-state index < -0.39 is 29.4 Å². The number of carbonyl (C=O) groups is 2. The standard InChI is InChI=1S/C25H19F3O5/c1-14(2)23(29)31-18-8-5-16(6-9-18)20-11-12-21(32-20)17-7-10-22(33-24(30)15(3)4)19(13-17)25(26,27)28/h5-13H,1,3H2,2,4H3. The van der Waals surface area contributed by atoms with Gasteiger partial charge < -0.3 is 13.9 Å². The fraction of sp³-hybridized carbons (Fsp3) is 0.120. The van der Waals surface area contributed by atoms with Gasteiger partial charge in [-0.3, -0.25) is 0 Å². The minimum atomic E-state index is -4.76. The van der Waals surface area contributed by atoms with Gasteiger partial charge >= 0.3 is 18.1 Å². The molecule has 0 radical (unpaired) electrons. The van der Waals surface area contributed by atoms with Crippen molar-refractivity contribution in [3.05, 3.63) is 84.5 Å². The molecule has 0 fully saturated rings. The maximum atomic E-state index is 13.6. The number of hydrogen-bond acceptors (Lipinski definition) is 5. The third-order valence-corrected chi connectivity index (χ3v) is 4.42. The first-order chi connectivity index (χ1) is 15.5. The van der Waals surface area contributed by atoms with Crippen LogP contribution in [0.5, 0.6) is 11.5 Å². The van der Waals surface area contributed by atoms with E-state index in [1.807, 2.05) is 0 Å². The van der Waals surface area contributed by atoms with Gasteiger partial charge in [-0.15, -0.1) is 0 Å². The molecule has 0 amide bonds. The quantitative estimate of drug-likeness (QED) is 0.238. The van der Waals surface area contributed by atoms with Gasteiger partial charge in [0.1, 0.15) is 23.0 Å². The predicted molar refractivity (Wildman–Crippen MR) is 115 cm³/mol. The van der Waals surface area contributed by atoms with Crippen molar-refractivity contribution in [2.24, 2.45) is 0 Å². The van der Waals surface area contributed by atoms with Gasteiger partial charge in [0.15, 0.2) is 0 Å². The summed E-state index contributed by atoms with van der Waals surface area (Å²) in [5.41, 5.74) is -0.108. The van der Waals surface area contributed by atoms with Crippen LogP contribution in [0.3, 0.4) is 0 Å². The van der Waals surface area contributed by atoms with E-state index in [-0.39, 0.29) is 22.5 Å². The first-order valence-corrected chi connectivity index (χ1v) is 9.63. The first-order valence-electron chi connectivity index (χ1n) is 9.63. The number of ether oxygens (including phenoxy) is 2. The number of furan rings is 1. The lowest BCUT2D eigenvalue weighted by Gasteiger charge is -2.14. The van der Waals surface area contributed by atoms with E-state index in [9.17, 15) is 22.8 Å². The van der Waals surface area contributed by atoms with E-state index in [1.54, 1.807) is 30.3 Å². The third kappa shape index (κ3) is 5.60. The smallest absolute Gasteiger partial charge is 0.420 e. The van der Waals surface area contributed by atoms with Crippen molar-refractivity contribution >= 4 is 11.9 Å². The minimum absolute atomic E-state index is 0.0247. The van der Waals surface area contributed by atoms with Gasteiger partial charge in [-0.25, -0.2) is 9.59 Å². The van der Waals surface area contributed by atoms with Crippen LogP contribution in [-0.4, -0.2) is 11.9 Å². The molecular formula is C25H19F3O5. The first kappa shape index (κ1) is 23.6. The van der Waals surface area contributed by atoms with Gasteiger partial charge in [-0.1, -0.05) is 13.2 Å². The van der Waals surface area contributed by atoms with E-state index >= 15 is 0 Å². The van der Waals surface area contributed by atoms with E-state index in [2.05, 4.69) is 13.2 Å². The Morgan fingerprint density at radius 3 is 1.85 bits per heavy atom. The molecule has 1 aromatic heterocycles. The van der Waals surface area contributed by atoms with Crippen LogP contribution in [0.4, 0.5) is 13.2 Å². The van der Waals surface area contributed by atoms with Gasteiger partial charge in [0.2, 0.25) is 0 Å². The highest BCUT2D eigenvalue weighted by molar-refractivity contribution is 5.89. The number of rotatable bonds is 6. The molecule has 0 bridgehead atoms. The largest absolute Gasteiger partial charge is 0.456 e. The fourth-order valence-electron chi connectivity index (χ4n) is 2.71. The molecule has 0 saturated heterocycles. The Hall–Kier alpha value is -4.07. The van der Waals surface area contributed by atoms with Gasteiger partial charge in [-0.2, -0.15) is 13.2 Å². The molecule has 0 atom stereocenters. The Balaban J connectivity index is 1.88. The summed E-state index contributed by atoms with van der Waals surface area (Å²) in [5, 5.41) is 0. The van der Waals surface area contributed by atoms with Crippen molar-refractivity contribution < 1.29 is 36.7 Å². The van der Waals surface area contributed by atoms with Gasteiger partial charge in [0.05, 0.1) is 5.56 Å². The third-order valence-electron chi connectivity index (χ3n) is 4.42. The van der Waals surface area contributed by atoms with E-state index in [0.29, 0.717) is 17.1 Å². The Morgan fingerprint density at radius 1 is 0.788 bits per heavy atom. The average Bonchev–Trinajstić information content (AvgIpc) is 3.23. The Labute approximate surface area is 187 Å². The Bertz CT molecular complexity index is 1230. The highest BCUT2D eigenvalue weighted by Gasteiger charge is 2.35. The molecule has 33 heavy (non-hydrogen) atoms. The van der Waals surface area contributed by atoms with Crippen LogP contribution in [0.15, 0.2) is 83.3 Å². The maximum Gasteiger partial charge on any atom is 0.420 e. The van der Waals surface area contributed by atoms with Crippen LogP contribution in [-0.2, 0) is 15.8 Å². The van der Waals surface area contributed by atoms with E-state index in [1.165, 1.54) is 26.0 Å². The number of halogens is 3. The van der Waals surface area contributed by atoms with Crippen molar-refractivity contribution in [3.63, 3.8) is 0 Å². The molecule has 0 saturated carbocycles. The highest BCUT2D eigenvalue weighted by Crippen LogP contribution is 2.40. The molecule has 8 heteroatoms. The number of esters is 2. The van der Waals surface area contributed by atoms with Crippen LogP contribution in [0.25, 0.3) is 22.6 Å². The van der Waals surface area contributed by atoms with Crippen molar-refractivity contribution in [2.75, 3.05) is 0 Å². The molecule has 0 aliphatic rings. The summed E-state index contributed by atoms with van der Waals surface area (Å²) >= 11 is 0. The topological polar surface area (TPSA) is 65.7 Å². The minimum Gasteiger partial charge on any atom is -0.456 e. The zero-order valence-corrected chi connectivity index (χ0v) is 17.8. The van der Waals surface area contributed by atoms with Crippen molar-refractivity contribution in [1.82, 2.24) is 0 Å². The summed E-state index contributed by atoms with van der Waals surface area (Å²) in [4.78, 5) is 23.3. The van der Waals surface area contributed by atoms with Crippen LogP contribution in [0.2, 0.25) is 0 Å². The van der Waals surface area contributed by atoms with Gasteiger partial charge in [0, 0.05) is 22.3 Å². The summed E-state index contributed by atoms with van der Waals surface area (Å²) in [6.07, 6.45) is -4.76. The lowest BCUT2D eigenvalue weighted by molar-refractivity contribution is -0.141. The molecule has 170 valence electrons. The molecule has 2 aromatic carbocycles. The summed E-state index contributed by atoms with van der Waals surface area (Å²) in [6, 6.07) is 12.8. The lowest BCUT2D eigenvalue weighted by atomic mass is 10.1. The van der Waals surface area contributed by atoms with Crippen molar-refractivity contribution in [2.45, 2.75) is 20.0 Å². The second-order valence-corrected chi connectivity index (χ2v) is 7.24. The molecule has 0 unspecified atom stereocenters. The summed E-state index contributed by atoms with van der Waals surface area (Å²) in [7, 11) is 0. The van der Waals surface area contributed by atoms with Crippen LogP contribution >= 0.6 is 0 Å². The number of carbonyl (C=O) groups excluding carboxylic acids is 2. The van der Waals surface area contributed by atoms with E-state index in [0.717, 1.165) is 12.1 Å². The molecular weight excluding hydrogens is 437 g/mol. The summed E-state index contributed by atoms with van der Waals surface area (Å²) < 4.78 is 56.4. The molecule has 3 rings (SSSR count). The second-order valence-electron chi connectivity index (χ2n) is 7.24. The monoisotopic (exact) mass is 456 g/mol. The maximum absolute atomic E-state index is 13.6. The molecule has 1 heterocycles. The highest BCUT2D eigenvalue weighted by atomic mass is 19.4. The molecule has 0 aliphatic heterocycles. The molecule has 0 spiro atoms. The number of hydrogen-bond donors (Lipinski definition) is 0. The van der Waals surface area contributed by atoms with Crippen LogP contribution in [0.1, 0.15) is 19.4 Å². The zero-order valence-electron chi connectivity index (χ0n) is 17.8. The second kappa shape index (κ2) is 9.20. The summed E-state index contributed by atoms with van der Waals surface area (Å²) in [5.74, 6) is -1.23. The molecule has 3 aromatic rings. The molecule has 5 nitrogen and oxygen atoms in total. The normalized spacial score (nSPS) is 11.1. The van der Waals surface area contributed by atoms with Crippen LogP contribution < -0.4 is 9.47 Å².